The molecule has 0 aliphatic rings. The highest BCUT2D eigenvalue weighted by atomic mass is 32.2. The van der Waals surface area contributed by atoms with E-state index in [1.807, 2.05) is 12.1 Å². The monoisotopic (exact) mass is 415 g/mol. The van der Waals surface area contributed by atoms with E-state index in [-0.39, 0.29) is 4.90 Å². The molecule has 0 saturated heterocycles. The summed E-state index contributed by atoms with van der Waals surface area (Å²) in [6.07, 6.45) is 6.60. The first-order valence-electron chi connectivity index (χ1n) is 9.25. The lowest BCUT2D eigenvalue weighted by atomic mass is 10.00. The van der Waals surface area contributed by atoms with E-state index >= 15 is 0 Å². The molecule has 0 aliphatic heterocycles. The molecule has 148 valence electrons. The van der Waals surface area contributed by atoms with Gasteiger partial charge in [0.2, 0.25) is 0 Å². The number of nitrogens with zero attached hydrogens (tertiary/aromatic N) is 4. The Morgan fingerprint density at radius 2 is 1.67 bits per heavy atom. The number of benzene rings is 1. The number of nitrogen functional groups attached to an aromatic ring is 1. The number of anilines is 1. The van der Waals surface area contributed by atoms with Crippen molar-refractivity contribution in [1.29, 1.82) is 0 Å². The molecule has 0 amide bonds. The van der Waals surface area contributed by atoms with Crippen LogP contribution in [0.4, 0.5) is 5.82 Å². The topological polar surface area (TPSA) is 104 Å². The fraction of sp³-hybridized carbons (Fsp3) is 0.0455. The van der Waals surface area contributed by atoms with E-state index in [9.17, 15) is 8.42 Å². The van der Waals surface area contributed by atoms with Crippen molar-refractivity contribution in [2.75, 3.05) is 5.73 Å². The Morgan fingerprint density at radius 1 is 0.867 bits per heavy atom. The molecule has 5 aromatic rings. The van der Waals surface area contributed by atoms with Gasteiger partial charge in [-0.2, -0.15) is 0 Å². The normalized spacial score (nSPS) is 11.9. The van der Waals surface area contributed by atoms with Crippen molar-refractivity contribution in [3.05, 3.63) is 79.0 Å². The van der Waals surface area contributed by atoms with Crippen molar-refractivity contribution in [2.24, 2.45) is 0 Å². The van der Waals surface area contributed by atoms with E-state index in [0.29, 0.717) is 22.5 Å². The van der Waals surface area contributed by atoms with Crippen molar-refractivity contribution in [3.63, 3.8) is 0 Å². The zero-order valence-electron chi connectivity index (χ0n) is 16.0. The molecular formula is C22H17N5O2S. The minimum atomic E-state index is -3.85. The highest BCUT2D eigenvalue weighted by molar-refractivity contribution is 7.90. The summed E-state index contributed by atoms with van der Waals surface area (Å²) in [7, 11) is -3.85. The van der Waals surface area contributed by atoms with Gasteiger partial charge in [-0.15, -0.1) is 0 Å². The maximum atomic E-state index is 13.5. The largest absolute Gasteiger partial charge is 0.383 e. The Kier molecular flexibility index (Phi) is 4.04. The highest BCUT2D eigenvalue weighted by Gasteiger charge is 2.27. The van der Waals surface area contributed by atoms with Gasteiger partial charge in [0.1, 0.15) is 5.82 Å². The minimum Gasteiger partial charge on any atom is -0.383 e. The van der Waals surface area contributed by atoms with E-state index in [1.165, 1.54) is 3.97 Å². The van der Waals surface area contributed by atoms with Crippen LogP contribution in [0.1, 0.15) is 5.69 Å². The molecule has 30 heavy (non-hydrogen) atoms. The summed E-state index contributed by atoms with van der Waals surface area (Å²) < 4.78 is 28.3. The van der Waals surface area contributed by atoms with Crippen LogP contribution in [0.5, 0.6) is 0 Å². The van der Waals surface area contributed by atoms with Crippen molar-refractivity contribution in [1.82, 2.24) is 18.9 Å². The molecule has 8 heteroatoms. The summed E-state index contributed by atoms with van der Waals surface area (Å²) in [6.45, 7) is 1.78. The van der Waals surface area contributed by atoms with Crippen molar-refractivity contribution >= 4 is 37.6 Å². The standard InChI is InChI=1S/C22H17N5O2S/c1-14-20(18-13-26-21(23)19-12-24-11-9-16(18)19)17-8-5-10-25-22(17)27(14)30(28,29)15-6-3-2-4-7-15/h2-13H,1H3,(H2,23,26). The third-order valence-corrected chi connectivity index (χ3v) is 6.98. The average molecular weight is 415 g/mol. The zero-order valence-corrected chi connectivity index (χ0v) is 16.8. The lowest BCUT2D eigenvalue weighted by Crippen LogP contribution is -2.15. The first-order chi connectivity index (χ1) is 14.5. The Labute approximate surface area is 172 Å². The number of rotatable bonds is 3. The third kappa shape index (κ3) is 2.57. The van der Waals surface area contributed by atoms with E-state index in [4.69, 9.17) is 5.73 Å². The molecule has 0 spiro atoms. The predicted molar refractivity (Wildman–Crippen MR) is 116 cm³/mol. The Balaban J connectivity index is 1.90. The molecular weight excluding hydrogens is 398 g/mol. The van der Waals surface area contributed by atoms with Gasteiger partial charge in [0.05, 0.1) is 4.90 Å². The maximum absolute atomic E-state index is 13.5. The predicted octanol–water partition coefficient (Wildman–Crippen LogP) is 3.77. The van der Waals surface area contributed by atoms with Crippen LogP contribution in [-0.4, -0.2) is 27.3 Å². The SMILES string of the molecule is Cc1c(-c2cnc(N)c3cnccc23)c2cccnc2n1S(=O)(=O)c1ccccc1. The van der Waals surface area contributed by atoms with Gasteiger partial charge in [-0.3, -0.25) is 4.98 Å². The van der Waals surface area contributed by atoms with Crippen LogP contribution in [0.2, 0.25) is 0 Å². The molecule has 0 fully saturated rings. The van der Waals surface area contributed by atoms with E-state index in [1.54, 1.807) is 68.1 Å². The molecule has 0 atom stereocenters. The van der Waals surface area contributed by atoms with Crippen LogP contribution in [0.25, 0.3) is 32.9 Å². The number of fused-ring (bicyclic) bond motifs is 2. The molecule has 7 nitrogen and oxygen atoms in total. The summed E-state index contributed by atoms with van der Waals surface area (Å²) in [6, 6.07) is 13.9. The van der Waals surface area contributed by atoms with Gasteiger partial charge >= 0.3 is 0 Å². The Morgan fingerprint density at radius 3 is 2.47 bits per heavy atom. The fourth-order valence-electron chi connectivity index (χ4n) is 3.85. The van der Waals surface area contributed by atoms with Gasteiger partial charge in [-0.1, -0.05) is 18.2 Å². The van der Waals surface area contributed by atoms with Crippen molar-refractivity contribution in [2.45, 2.75) is 11.8 Å². The molecule has 1 aromatic carbocycles. The number of aromatic nitrogens is 4. The second kappa shape index (κ2) is 6.64. The number of hydrogen-bond donors (Lipinski definition) is 1. The number of pyridine rings is 3. The van der Waals surface area contributed by atoms with Crippen LogP contribution in [-0.2, 0) is 10.0 Å². The molecule has 4 aromatic heterocycles. The van der Waals surface area contributed by atoms with Gasteiger partial charge in [0.25, 0.3) is 10.0 Å². The van der Waals surface area contributed by atoms with Crippen molar-refractivity contribution < 1.29 is 8.42 Å². The summed E-state index contributed by atoms with van der Waals surface area (Å²) in [5, 5.41) is 2.28. The quantitative estimate of drug-likeness (QED) is 0.481. The summed E-state index contributed by atoms with van der Waals surface area (Å²) in [4.78, 5) is 13.1. The van der Waals surface area contributed by atoms with Gasteiger partial charge in [-0.05, 0) is 42.6 Å². The second-order valence-electron chi connectivity index (χ2n) is 6.90. The molecule has 2 N–H and O–H groups in total. The maximum Gasteiger partial charge on any atom is 0.269 e. The zero-order chi connectivity index (χ0) is 20.9. The molecule has 0 aliphatic carbocycles. The smallest absolute Gasteiger partial charge is 0.269 e. The fourth-order valence-corrected chi connectivity index (χ4v) is 5.38. The minimum absolute atomic E-state index is 0.201. The van der Waals surface area contributed by atoms with Crippen LogP contribution in [0.3, 0.4) is 0 Å². The first-order valence-corrected chi connectivity index (χ1v) is 10.7. The van der Waals surface area contributed by atoms with E-state index < -0.39 is 10.0 Å². The van der Waals surface area contributed by atoms with E-state index in [2.05, 4.69) is 15.0 Å². The van der Waals surface area contributed by atoms with E-state index in [0.717, 1.165) is 21.9 Å². The summed E-state index contributed by atoms with van der Waals surface area (Å²) in [5.74, 6) is 0.373. The lowest BCUT2D eigenvalue weighted by molar-refractivity contribution is 0.587. The summed E-state index contributed by atoms with van der Waals surface area (Å²) >= 11 is 0. The van der Waals surface area contributed by atoms with Gasteiger partial charge in [-0.25, -0.2) is 22.4 Å². The number of hydrogen-bond acceptors (Lipinski definition) is 6. The van der Waals surface area contributed by atoms with Gasteiger partial charge < -0.3 is 5.73 Å². The van der Waals surface area contributed by atoms with Crippen LogP contribution < -0.4 is 5.73 Å². The molecule has 0 bridgehead atoms. The lowest BCUT2D eigenvalue weighted by Gasteiger charge is -2.11. The van der Waals surface area contributed by atoms with Gasteiger partial charge in [0.15, 0.2) is 5.65 Å². The molecule has 0 saturated carbocycles. The Bertz CT molecular complexity index is 1530. The van der Waals surface area contributed by atoms with Crippen LogP contribution >= 0.6 is 0 Å². The van der Waals surface area contributed by atoms with Gasteiger partial charge in [0, 0.05) is 52.4 Å². The third-order valence-electron chi connectivity index (χ3n) is 5.19. The number of nitrogens with two attached hydrogens (primary N) is 1. The molecule has 5 rings (SSSR count). The first kappa shape index (κ1) is 18.3. The molecule has 4 heterocycles. The second-order valence-corrected chi connectivity index (χ2v) is 8.68. The molecule has 0 unspecified atom stereocenters. The van der Waals surface area contributed by atoms with Crippen LogP contribution in [0.15, 0.2) is 78.2 Å². The highest BCUT2D eigenvalue weighted by Crippen LogP contribution is 2.39. The Hall–Kier alpha value is -3.78. The van der Waals surface area contributed by atoms with Crippen molar-refractivity contribution in [3.8, 4) is 11.1 Å². The molecule has 0 radical (unpaired) electrons. The van der Waals surface area contributed by atoms with Crippen LogP contribution in [0, 0.1) is 6.92 Å². The summed E-state index contributed by atoms with van der Waals surface area (Å²) in [5.41, 5.74) is 8.49. The average Bonchev–Trinajstić information content (AvgIpc) is 3.07.